The highest BCUT2D eigenvalue weighted by Gasteiger charge is 2.34. The summed E-state index contributed by atoms with van der Waals surface area (Å²) in [6, 6.07) is 12.7. The molecule has 4 heterocycles. The molecular weight excluding hydrogens is 789 g/mol. The van der Waals surface area contributed by atoms with E-state index >= 15 is 0 Å². The fraction of sp³-hybridized carbons (Fsp3) is 0.405. The number of ether oxygens (including phenoxy) is 1. The van der Waals surface area contributed by atoms with Gasteiger partial charge in [0, 0.05) is 48.9 Å². The summed E-state index contributed by atoms with van der Waals surface area (Å²) < 4.78 is 45.1. The molecule has 2 aromatic carbocycles. The van der Waals surface area contributed by atoms with E-state index in [0.29, 0.717) is 36.9 Å². The minimum absolute atomic E-state index is 0. The van der Waals surface area contributed by atoms with E-state index in [1.807, 2.05) is 32.6 Å². The topological polar surface area (TPSA) is 115 Å². The summed E-state index contributed by atoms with van der Waals surface area (Å²) in [6.45, 7) is 12.5. The number of piperazine rings is 1. The maximum atomic E-state index is 13.6. The van der Waals surface area contributed by atoms with Gasteiger partial charge in [-0.3, -0.25) is 9.59 Å². The molecule has 0 unspecified atom stereocenters. The molecule has 0 bridgehead atoms. The lowest BCUT2D eigenvalue weighted by Crippen LogP contribution is -2.56. The Labute approximate surface area is 336 Å². The van der Waals surface area contributed by atoms with Crippen LogP contribution in [0.15, 0.2) is 60.9 Å². The van der Waals surface area contributed by atoms with Crippen molar-refractivity contribution in [3.63, 3.8) is 0 Å². The number of halogens is 7. The zero-order valence-corrected chi connectivity index (χ0v) is 33.5. The van der Waals surface area contributed by atoms with Crippen LogP contribution in [-0.4, -0.2) is 70.2 Å². The van der Waals surface area contributed by atoms with Gasteiger partial charge in [-0.05, 0) is 55.1 Å². The number of benzene rings is 2. The number of rotatable bonds is 7. The number of imidazole rings is 1. The molecule has 294 valence electrons. The molecule has 2 aromatic heterocycles. The molecule has 6 rings (SSSR count). The summed E-state index contributed by atoms with van der Waals surface area (Å²) in [5.41, 5.74) is 1.78. The van der Waals surface area contributed by atoms with Crippen LogP contribution in [0, 0.1) is 11.3 Å². The first-order valence-corrected chi connectivity index (χ1v) is 17.3. The third kappa shape index (κ3) is 10.3. The van der Waals surface area contributed by atoms with Crippen molar-refractivity contribution in [1.29, 1.82) is 0 Å². The highest BCUT2D eigenvalue weighted by molar-refractivity contribution is 6.34. The second-order valence-electron chi connectivity index (χ2n) is 14.3. The van der Waals surface area contributed by atoms with Crippen molar-refractivity contribution in [3.05, 3.63) is 77.3 Å². The van der Waals surface area contributed by atoms with E-state index in [2.05, 4.69) is 42.1 Å². The van der Waals surface area contributed by atoms with Crippen LogP contribution in [-0.2, 0) is 4.79 Å². The summed E-state index contributed by atoms with van der Waals surface area (Å²) in [5.74, 6) is 1.00. The van der Waals surface area contributed by atoms with Crippen LogP contribution in [0.25, 0.3) is 22.4 Å². The Morgan fingerprint density at radius 1 is 0.944 bits per heavy atom. The molecular formula is C37H44Cl4F3N7O3. The molecule has 2 fully saturated rings. The molecule has 3 N–H and O–H groups in total. The number of H-pyrrole nitrogens is 1. The predicted octanol–water partition coefficient (Wildman–Crippen LogP) is 8.96. The van der Waals surface area contributed by atoms with Crippen molar-refractivity contribution in [2.24, 2.45) is 11.3 Å². The molecule has 2 aliphatic rings. The van der Waals surface area contributed by atoms with Gasteiger partial charge in [0.15, 0.2) is 0 Å². The molecule has 4 aromatic rings. The number of hydrogen-bond donors (Lipinski definition) is 3. The lowest BCUT2D eigenvalue weighted by atomic mass is 9.94. The number of alkyl halides is 3. The van der Waals surface area contributed by atoms with Crippen LogP contribution in [0.1, 0.15) is 63.3 Å². The summed E-state index contributed by atoms with van der Waals surface area (Å²) in [6.07, 6.45) is -0.878. The first-order chi connectivity index (χ1) is 24.1. The highest BCUT2D eigenvalue weighted by Crippen LogP contribution is 2.41. The van der Waals surface area contributed by atoms with Crippen molar-refractivity contribution in [3.8, 4) is 28.1 Å². The average molecular weight is 834 g/mol. The van der Waals surface area contributed by atoms with Gasteiger partial charge in [0.25, 0.3) is 5.91 Å². The molecule has 0 aliphatic carbocycles. The number of nitrogens with zero attached hydrogens (tertiary/aromatic N) is 4. The fourth-order valence-electron chi connectivity index (χ4n) is 6.54. The summed E-state index contributed by atoms with van der Waals surface area (Å²) in [5, 5.41) is 6.06. The van der Waals surface area contributed by atoms with Gasteiger partial charge in [-0.15, -0.1) is 50.4 Å². The number of aromatic nitrogens is 3. The molecule has 0 spiro atoms. The maximum Gasteiger partial charge on any atom is 0.573 e. The minimum atomic E-state index is -5.00. The Morgan fingerprint density at radius 2 is 1.63 bits per heavy atom. The van der Waals surface area contributed by atoms with Crippen LogP contribution in [0.4, 0.5) is 24.7 Å². The number of pyridine rings is 1. The van der Waals surface area contributed by atoms with Gasteiger partial charge in [0.1, 0.15) is 17.4 Å². The number of carbonyl (C=O) groups is 2. The first kappa shape index (κ1) is 44.6. The molecule has 0 radical (unpaired) electrons. The highest BCUT2D eigenvalue weighted by atomic mass is 35.5. The molecule has 10 nitrogen and oxygen atoms in total. The van der Waals surface area contributed by atoms with E-state index in [1.165, 1.54) is 12.3 Å². The molecule has 0 saturated carbocycles. The molecule has 2 amide bonds. The molecule has 3 atom stereocenters. The van der Waals surface area contributed by atoms with Gasteiger partial charge in [-0.2, -0.15) is 0 Å². The Bertz CT molecular complexity index is 1900. The lowest BCUT2D eigenvalue weighted by molar-refractivity contribution is -0.274. The number of nitrogens with one attached hydrogen (secondary N) is 3. The van der Waals surface area contributed by atoms with E-state index in [4.69, 9.17) is 11.6 Å². The van der Waals surface area contributed by atoms with Gasteiger partial charge < -0.3 is 30.2 Å². The first-order valence-electron chi connectivity index (χ1n) is 16.9. The predicted molar refractivity (Wildman–Crippen MR) is 212 cm³/mol. The van der Waals surface area contributed by atoms with E-state index in [1.54, 1.807) is 42.6 Å². The van der Waals surface area contributed by atoms with Gasteiger partial charge in [0.05, 0.1) is 34.2 Å². The standard InChI is InChI=1S/C37H41ClF3N7O3.3ClH/c1-21-14-29(42-17-21)33-44-19-30(45-33)24-8-6-23(7-9-24)26-15-27(38)28(16-31(26)51-37(39,40)41)46-34(49)25-10-11-32(43-18-25)48-13-12-47(20-22(48)2)35(50)36(3,4)5;;;/h6-11,15-16,18-19,21-22,29,42H,12-14,17,20H2,1-5H3,(H,44,45)(H,46,49);3*1H/t21-,22+,29-;;;/m0.../s1. The molecule has 17 heteroatoms. The lowest BCUT2D eigenvalue weighted by Gasteiger charge is -2.42. The monoisotopic (exact) mass is 831 g/mol. The zero-order chi connectivity index (χ0) is 36.7. The number of aromatic amines is 1. The smallest absolute Gasteiger partial charge is 0.405 e. The van der Waals surface area contributed by atoms with Crippen LogP contribution in [0.5, 0.6) is 5.75 Å². The normalized spacial score (nSPS) is 18.6. The van der Waals surface area contributed by atoms with Crippen LogP contribution in [0.2, 0.25) is 5.02 Å². The van der Waals surface area contributed by atoms with Crippen LogP contribution >= 0.6 is 48.8 Å². The Kier molecular flexibility index (Phi) is 14.7. The quantitative estimate of drug-likeness (QED) is 0.170. The van der Waals surface area contributed by atoms with E-state index in [-0.39, 0.29) is 77.0 Å². The van der Waals surface area contributed by atoms with E-state index in [0.717, 1.165) is 36.1 Å². The Balaban J connectivity index is 0.00000261. The van der Waals surface area contributed by atoms with Crippen LogP contribution in [0.3, 0.4) is 0 Å². The van der Waals surface area contributed by atoms with Crippen LogP contribution < -0.4 is 20.3 Å². The molecule has 2 aliphatic heterocycles. The number of amides is 2. The van der Waals surface area contributed by atoms with Gasteiger partial charge in [-0.25, -0.2) is 9.97 Å². The van der Waals surface area contributed by atoms with Crippen molar-refractivity contribution in [2.45, 2.75) is 59.5 Å². The number of hydrogen-bond acceptors (Lipinski definition) is 7. The Morgan fingerprint density at radius 3 is 2.20 bits per heavy atom. The Hall–Kier alpha value is -3.75. The molecule has 2 saturated heterocycles. The van der Waals surface area contributed by atoms with Crippen molar-refractivity contribution in [1.82, 2.24) is 25.2 Å². The second-order valence-corrected chi connectivity index (χ2v) is 14.7. The summed E-state index contributed by atoms with van der Waals surface area (Å²) in [4.78, 5) is 42.2. The maximum absolute atomic E-state index is 13.6. The summed E-state index contributed by atoms with van der Waals surface area (Å²) in [7, 11) is 0. The minimum Gasteiger partial charge on any atom is -0.405 e. The van der Waals surface area contributed by atoms with Gasteiger partial charge in [-0.1, -0.05) is 63.6 Å². The van der Waals surface area contributed by atoms with Crippen molar-refractivity contribution >= 4 is 72.1 Å². The number of carbonyl (C=O) groups excluding carboxylic acids is 2. The van der Waals surface area contributed by atoms with Gasteiger partial charge >= 0.3 is 6.36 Å². The third-order valence-electron chi connectivity index (χ3n) is 9.19. The summed E-state index contributed by atoms with van der Waals surface area (Å²) >= 11 is 6.54. The SMILES string of the molecule is C[C@@H]1CN[C@H](c2ncc(-c3ccc(-c4cc(Cl)c(NC(=O)c5ccc(N6CCN(C(=O)C(C)(C)C)C[C@H]6C)nc5)cc4OC(F)(F)F)cc3)[nH]2)C1.Cl.Cl.Cl. The van der Waals surface area contributed by atoms with Crippen molar-refractivity contribution in [2.75, 3.05) is 36.4 Å². The number of anilines is 2. The van der Waals surface area contributed by atoms with E-state index in [9.17, 15) is 22.8 Å². The van der Waals surface area contributed by atoms with E-state index < -0.39 is 23.4 Å². The second kappa shape index (κ2) is 17.8. The average Bonchev–Trinajstić information content (AvgIpc) is 3.74. The molecule has 54 heavy (non-hydrogen) atoms. The largest absolute Gasteiger partial charge is 0.573 e. The third-order valence-corrected chi connectivity index (χ3v) is 9.50. The van der Waals surface area contributed by atoms with Crippen molar-refractivity contribution < 1.29 is 27.5 Å². The fourth-order valence-corrected chi connectivity index (χ4v) is 6.75. The zero-order valence-electron chi connectivity index (χ0n) is 30.3. The van der Waals surface area contributed by atoms with Gasteiger partial charge in [0.2, 0.25) is 5.91 Å².